The van der Waals surface area contributed by atoms with Gasteiger partial charge >= 0.3 is 0 Å². The van der Waals surface area contributed by atoms with Crippen molar-refractivity contribution < 1.29 is 19.0 Å². The van der Waals surface area contributed by atoms with Gasteiger partial charge in [-0.2, -0.15) is 0 Å². The van der Waals surface area contributed by atoms with Crippen LogP contribution in [0.2, 0.25) is 5.02 Å². The van der Waals surface area contributed by atoms with Crippen molar-refractivity contribution in [2.45, 2.75) is 20.3 Å². The van der Waals surface area contributed by atoms with Gasteiger partial charge in [-0.05, 0) is 26.0 Å². The molecule has 2 aromatic heterocycles. The van der Waals surface area contributed by atoms with Crippen molar-refractivity contribution in [3.63, 3.8) is 0 Å². The molecule has 0 spiro atoms. The van der Waals surface area contributed by atoms with E-state index >= 15 is 0 Å². The SMILES string of the molecule is CCOc1cc(N2CCOCC2)c(OCC)cc1NC(=O)Cc1cn2cc(Cl)ccc2n1. The van der Waals surface area contributed by atoms with Gasteiger partial charge in [0.15, 0.2) is 0 Å². The molecule has 3 aromatic rings. The molecule has 1 aliphatic heterocycles. The number of hydrogen-bond donors (Lipinski definition) is 1. The number of carbonyl (C=O) groups excluding carboxylic acids is 1. The van der Waals surface area contributed by atoms with Gasteiger partial charge < -0.3 is 28.8 Å². The summed E-state index contributed by atoms with van der Waals surface area (Å²) in [5, 5.41) is 3.57. The molecule has 1 fully saturated rings. The van der Waals surface area contributed by atoms with E-state index in [0.29, 0.717) is 54.3 Å². The second-order valence-electron chi connectivity index (χ2n) is 7.35. The van der Waals surface area contributed by atoms with Gasteiger partial charge in [0.05, 0.1) is 54.9 Å². The zero-order valence-corrected chi connectivity index (χ0v) is 19.0. The van der Waals surface area contributed by atoms with E-state index in [1.54, 1.807) is 22.9 Å². The molecule has 8 nitrogen and oxygen atoms in total. The molecule has 0 unspecified atom stereocenters. The summed E-state index contributed by atoms with van der Waals surface area (Å²) in [7, 11) is 0. The predicted molar refractivity (Wildman–Crippen MR) is 124 cm³/mol. The molecular weight excluding hydrogens is 432 g/mol. The maximum Gasteiger partial charge on any atom is 0.230 e. The molecule has 0 atom stereocenters. The first-order valence-corrected chi connectivity index (χ1v) is 11.1. The summed E-state index contributed by atoms with van der Waals surface area (Å²) < 4.78 is 19.0. The van der Waals surface area contributed by atoms with Crippen LogP contribution in [0.15, 0.2) is 36.7 Å². The van der Waals surface area contributed by atoms with E-state index in [9.17, 15) is 4.79 Å². The van der Waals surface area contributed by atoms with Crippen LogP contribution in [0, 0.1) is 0 Å². The van der Waals surface area contributed by atoms with Crippen LogP contribution in [0.25, 0.3) is 5.65 Å². The molecule has 3 heterocycles. The number of carbonyl (C=O) groups is 1. The van der Waals surface area contributed by atoms with Crippen molar-refractivity contribution in [1.29, 1.82) is 0 Å². The predicted octanol–water partition coefficient (Wildman–Crippen LogP) is 3.80. The Hall–Kier alpha value is -2.97. The summed E-state index contributed by atoms with van der Waals surface area (Å²) in [6.07, 6.45) is 3.69. The number of ether oxygens (including phenoxy) is 3. The lowest BCUT2D eigenvalue weighted by Gasteiger charge is -2.31. The van der Waals surface area contributed by atoms with E-state index in [2.05, 4.69) is 15.2 Å². The van der Waals surface area contributed by atoms with Crippen LogP contribution in [0.4, 0.5) is 11.4 Å². The lowest BCUT2D eigenvalue weighted by molar-refractivity contribution is -0.115. The van der Waals surface area contributed by atoms with Crippen molar-refractivity contribution in [3.05, 3.63) is 47.4 Å². The Labute approximate surface area is 192 Å². The number of nitrogens with one attached hydrogen (secondary N) is 1. The minimum absolute atomic E-state index is 0.125. The highest BCUT2D eigenvalue weighted by Gasteiger charge is 2.20. The van der Waals surface area contributed by atoms with Crippen LogP contribution >= 0.6 is 11.6 Å². The minimum Gasteiger partial charge on any atom is -0.492 e. The standard InChI is InChI=1S/C23H27ClN4O4/c1-3-31-20-13-19(27-7-9-30-10-8-27)21(32-4-2)12-18(20)26-23(29)11-17-15-28-14-16(24)5-6-22(28)25-17/h5-6,12-15H,3-4,7-11H2,1-2H3,(H,26,29). The van der Waals surface area contributed by atoms with Crippen LogP contribution in [0.3, 0.4) is 0 Å². The van der Waals surface area contributed by atoms with Gasteiger partial charge in [-0.15, -0.1) is 0 Å². The smallest absolute Gasteiger partial charge is 0.230 e. The van der Waals surface area contributed by atoms with E-state index in [4.69, 9.17) is 25.8 Å². The van der Waals surface area contributed by atoms with Crippen molar-refractivity contribution in [3.8, 4) is 11.5 Å². The maximum absolute atomic E-state index is 12.8. The summed E-state index contributed by atoms with van der Waals surface area (Å²) in [6.45, 7) is 7.72. The molecule has 0 bridgehead atoms. The molecule has 0 saturated carbocycles. The van der Waals surface area contributed by atoms with E-state index < -0.39 is 0 Å². The number of pyridine rings is 1. The third kappa shape index (κ3) is 5.08. The molecule has 0 radical (unpaired) electrons. The zero-order valence-electron chi connectivity index (χ0n) is 18.3. The van der Waals surface area contributed by atoms with Crippen molar-refractivity contribution in [2.75, 3.05) is 49.7 Å². The summed E-state index contributed by atoms with van der Waals surface area (Å²) in [4.78, 5) is 19.5. The van der Waals surface area contributed by atoms with Crippen LogP contribution in [-0.2, 0) is 16.0 Å². The summed E-state index contributed by atoms with van der Waals surface area (Å²) in [5.74, 6) is 1.12. The molecule has 4 rings (SSSR count). The molecule has 32 heavy (non-hydrogen) atoms. The van der Waals surface area contributed by atoms with Crippen LogP contribution in [0.5, 0.6) is 11.5 Å². The number of aromatic nitrogens is 2. The normalized spacial score (nSPS) is 13.9. The highest BCUT2D eigenvalue weighted by Crippen LogP contribution is 2.39. The fraction of sp³-hybridized carbons (Fsp3) is 0.391. The Balaban J connectivity index is 1.57. The fourth-order valence-electron chi connectivity index (χ4n) is 3.71. The van der Waals surface area contributed by atoms with Gasteiger partial charge in [0.1, 0.15) is 17.1 Å². The van der Waals surface area contributed by atoms with Gasteiger partial charge in [-0.1, -0.05) is 11.6 Å². The second kappa shape index (κ2) is 10.1. The van der Waals surface area contributed by atoms with E-state index in [-0.39, 0.29) is 12.3 Å². The van der Waals surface area contributed by atoms with E-state index in [1.807, 2.05) is 32.0 Å². The van der Waals surface area contributed by atoms with Gasteiger partial charge in [-0.25, -0.2) is 4.98 Å². The summed E-state index contributed by atoms with van der Waals surface area (Å²) in [5.41, 5.74) is 2.90. The van der Waals surface area contributed by atoms with E-state index in [1.165, 1.54) is 0 Å². The number of anilines is 2. The number of hydrogen-bond acceptors (Lipinski definition) is 6. The molecule has 0 aliphatic carbocycles. The third-order valence-electron chi connectivity index (χ3n) is 5.09. The number of amides is 1. The second-order valence-corrected chi connectivity index (χ2v) is 7.79. The zero-order chi connectivity index (χ0) is 22.5. The number of nitrogens with zero attached hydrogens (tertiary/aromatic N) is 3. The first-order valence-electron chi connectivity index (χ1n) is 10.8. The number of halogens is 1. The molecular formula is C23H27ClN4O4. The van der Waals surface area contributed by atoms with Crippen molar-refractivity contribution >= 4 is 34.5 Å². The quantitative estimate of drug-likeness (QED) is 0.553. The molecule has 1 aromatic carbocycles. The lowest BCUT2D eigenvalue weighted by Crippen LogP contribution is -2.36. The highest BCUT2D eigenvalue weighted by molar-refractivity contribution is 6.30. The molecule has 1 N–H and O–H groups in total. The number of imidazole rings is 1. The maximum atomic E-state index is 12.8. The van der Waals surface area contributed by atoms with Crippen molar-refractivity contribution in [2.24, 2.45) is 0 Å². The third-order valence-corrected chi connectivity index (χ3v) is 5.32. The van der Waals surface area contributed by atoms with E-state index in [0.717, 1.165) is 24.4 Å². The molecule has 9 heteroatoms. The molecule has 170 valence electrons. The van der Waals surface area contributed by atoms with Crippen LogP contribution in [-0.4, -0.2) is 54.8 Å². The number of fused-ring (bicyclic) bond motifs is 1. The average Bonchev–Trinajstić information content (AvgIpc) is 3.17. The average molecular weight is 459 g/mol. The number of benzene rings is 1. The molecule has 1 saturated heterocycles. The first kappa shape index (κ1) is 22.2. The lowest BCUT2D eigenvalue weighted by atomic mass is 10.2. The first-order chi connectivity index (χ1) is 15.6. The van der Waals surface area contributed by atoms with Gasteiger partial charge in [-0.3, -0.25) is 4.79 Å². The summed E-state index contributed by atoms with van der Waals surface area (Å²) >= 11 is 6.03. The topological polar surface area (TPSA) is 77.3 Å². The minimum atomic E-state index is -0.193. The Morgan fingerprint density at radius 1 is 1.12 bits per heavy atom. The molecule has 1 amide bonds. The highest BCUT2D eigenvalue weighted by atomic mass is 35.5. The van der Waals surface area contributed by atoms with Gasteiger partial charge in [0, 0.05) is 37.6 Å². The Morgan fingerprint density at radius 2 is 1.88 bits per heavy atom. The van der Waals surface area contributed by atoms with Crippen LogP contribution in [0.1, 0.15) is 19.5 Å². The fourth-order valence-corrected chi connectivity index (χ4v) is 3.87. The Morgan fingerprint density at radius 3 is 2.62 bits per heavy atom. The molecule has 1 aliphatic rings. The van der Waals surface area contributed by atoms with Crippen LogP contribution < -0.4 is 19.7 Å². The number of rotatable bonds is 8. The van der Waals surface area contributed by atoms with Crippen molar-refractivity contribution in [1.82, 2.24) is 9.38 Å². The van der Waals surface area contributed by atoms with Gasteiger partial charge in [0.2, 0.25) is 5.91 Å². The Bertz CT molecular complexity index is 1100. The summed E-state index contributed by atoms with van der Waals surface area (Å²) in [6, 6.07) is 7.35. The monoisotopic (exact) mass is 458 g/mol. The number of morpholine rings is 1. The van der Waals surface area contributed by atoms with Gasteiger partial charge in [0.25, 0.3) is 0 Å². The largest absolute Gasteiger partial charge is 0.492 e. The Kier molecular flexibility index (Phi) is 7.02.